The Bertz CT molecular complexity index is 1150. The van der Waals surface area contributed by atoms with Crippen LogP contribution in [0.25, 0.3) is 0 Å². The number of carbonyl (C=O) groups is 2. The van der Waals surface area contributed by atoms with Crippen molar-refractivity contribution in [2.45, 2.75) is 55.6 Å². The van der Waals surface area contributed by atoms with Gasteiger partial charge in [0.25, 0.3) is 0 Å². The average molecular weight is 586 g/mol. The highest BCUT2D eigenvalue weighted by molar-refractivity contribution is 9.10. The Kier molecular flexibility index (Phi) is 9.90. The van der Waals surface area contributed by atoms with E-state index in [4.69, 9.17) is 11.6 Å². The molecule has 0 saturated heterocycles. The lowest BCUT2D eigenvalue weighted by Gasteiger charge is -2.32. The van der Waals surface area contributed by atoms with Crippen LogP contribution in [0, 0.1) is 0 Å². The molecule has 3 aromatic rings. The van der Waals surface area contributed by atoms with E-state index in [1.54, 1.807) is 4.90 Å². The Morgan fingerprint density at radius 2 is 1.67 bits per heavy atom. The average Bonchev–Trinajstić information content (AvgIpc) is 3.39. The van der Waals surface area contributed by atoms with Crippen molar-refractivity contribution in [3.63, 3.8) is 0 Å². The van der Waals surface area contributed by atoms with Crippen molar-refractivity contribution in [1.82, 2.24) is 10.2 Å². The minimum Gasteiger partial charge on any atom is -0.352 e. The van der Waals surface area contributed by atoms with Gasteiger partial charge in [0.2, 0.25) is 11.8 Å². The zero-order chi connectivity index (χ0) is 25.3. The summed E-state index contributed by atoms with van der Waals surface area (Å²) >= 11 is 11.0. The normalized spacial score (nSPS) is 14.4. The maximum Gasteiger partial charge on any atom is 0.243 e. The number of nitrogens with one attached hydrogen (secondary N) is 1. The predicted molar refractivity (Wildman–Crippen MR) is 151 cm³/mol. The molecular weight excluding hydrogens is 556 g/mol. The predicted octanol–water partition coefficient (Wildman–Crippen LogP) is 6.89. The van der Waals surface area contributed by atoms with Gasteiger partial charge in [0.15, 0.2) is 0 Å². The molecule has 0 bridgehead atoms. The lowest BCUT2D eigenvalue weighted by atomic mass is 10.0. The number of nitrogens with zero attached hydrogens (tertiary/aromatic N) is 1. The molecule has 1 fully saturated rings. The van der Waals surface area contributed by atoms with Crippen molar-refractivity contribution in [3.05, 3.63) is 99.5 Å². The standard InChI is InChI=1S/C29H30BrClN2O2S/c30-23-10-6-9-22(17-23)19-33(28(34)20-36-26-15-13-24(31)14-16-26)27(18-21-7-2-1-3-8-21)29(35)32-25-11-4-5-12-25/h1-3,6-10,13-17,25,27H,4-5,11-12,18-20H2,(H,32,35)/t27-/m1/s1. The van der Waals surface area contributed by atoms with Gasteiger partial charge in [-0.1, -0.05) is 82.8 Å². The first kappa shape index (κ1) is 26.8. The summed E-state index contributed by atoms with van der Waals surface area (Å²) in [6.07, 6.45) is 4.72. The molecule has 7 heteroatoms. The Hall–Kier alpha value is -2.28. The summed E-state index contributed by atoms with van der Waals surface area (Å²) < 4.78 is 0.943. The van der Waals surface area contributed by atoms with Crippen LogP contribution in [-0.2, 0) is 22.6 Å². The van der Waals surface area contributed by atoms with Crippen LogP contribution < -0.4 is 5.32 Å². The van der Waals surface area contributed by atoms with Gasteiger partial charge in [-0.25, -0.2) is 0 Å². The third-order valence-corrected chi connectivity index (χ3v) is 8.13. The number of amides is 2. The van der Waals surface area contributed by atoms with E-state index in [2.05, 4.69) is 21.2 Å². The molecule has 0 unspecified atom stereocenters. The Morgan fingerprint density at radius 3 is 2.36 bits per heavy atom. The quantitative estimate of drug-likeness (QED) is 0.264. The van der Waals surface area contributed by atoms with Crippen molar-refractivity contribution in [1.29, 1.82) is 0 Å². The number of rotatable bonds is 10. The molecule has 1 saturated carbocycles. The van der Waals surface area contributed by atoms with Crippen LogP contribution in [0.4, 0.5) is 0 Å². The lowest BCUT2D eigenvalue weighted by molar-refractivity contribution is -0.139. The van der Waals surface area contributed by atoms with Gasteiger partial charge < -0.3 is 10.2 Å². The fourth-order valence-corrected chi connectivity index (χ4v) is 5.87. The summed E-state index contributed by atoms with van der Waals surface area (Å²) in [5, 5.41) is 3.91. The van der Waals surface area contributed by atoms with Gasteiger partial charge >= 0.3 is 0 Å². The molecule has 1 aliphatic carbocycles. The Morgan fingerprint density at radius 1 is 0.972 bits per heavy atom. The van der Waals surface area contributed by atoms with E-state index in [1.807, 2.05) is 78.9 Å². The van der Waals surface area contributed by atoms with Crippen LogP contribution in [-0.4, -0.2) is 34.6 Å². The molecule has 0 aromatic heterocycles. The highest BCUT2D eigenvalue weighted by atomic mass is 79.9. The van der Waals surface area contributed by atoms with E-state index in [0.29, 0.717) is 18.0 Å². The molecule has 0 radical (unpaired) electrons. The molecule has 1 aliphatic rings. The van der Waals surface area contributed by atoms with Crippen molar-refractivity contribution < 1.29 is 9.59 Å². The second-order valence-electron chi connectivity index (χ2n) is 9.09. The molecule has 1 N–H and O–H groups in total. The molecule has 0 heterocycles. The summed E-state index contributed by atoms with van der Waals surface area (Å²) in [5.74, 6) is 0.0838. The van der Waals surface area contributed by atoms with Gasteiger partial charge in [0, 0.05) is 33.4 Å². The van der Waals surface area contributed by atoms with E-state index >= 15 is 0 Å². The minimum absolute atomic E-state index is 0.0718. The maximum atomic E-state index is 13.7. The summed E-state index contributed by atoms with van der Waals surface area (Å²) in [4.78, 5) is 30.1. The fraction of sp³-hybridized carbons (Fsp3) is 0.310. The number of hydrogen-bond donors (Lipinski definition) is 1. The molecule has 188 valence electrons. The minimum atomic E-state index is -0.606. The molecule has 2 amide bonds. The van der Waals surface area contributed by atoms with Crippen molar-refractivity contribution >= 4 is 51.1 Å². The topological polar surface area (TPSA) is 49.4 Å². The van der Waals surface area contributed by atoms with Crippen molar-refractivity contribution in [2.75, 3.05) is 5.75 Å². The van der Waals surface area contributed by atoms with Crippen LogP contribution >= 0.6 is 39.3 Å². The third-order valence-electron chi connectivity index (χ3n) is 6.39. The van der Waals surface area contributed by atoms with E-state index in [1.165, 1.54) is 11.8 Å². The number of halogens is 2. The van der Waals surface area contributed by atoms with Crippen LogP contribution in [0.3, 0.4) is 0 Å². The molecule has 1 atom stereocenters. The third kappa shape index (κ3) is 7.86. The first-order valence-corrected chi connectivity index (χ1v) is 14.4. The smallest absolute Gasteiger partial charge is 0.243 e. The number of hydrogen-bond acceptors (Lipinski definition) is 3. The van der Waals surface area contributed by atoms with Crippen LogP contribution in [0.1, 0.15) is 36.8 Å². The second kappa shape index (κ2) is 13.3. The van der Waals surface area contributed by atoms with Gasteiger partial charge in [-0.2, -0.15) is 0 Å². The maximum absolute atomic E-state index is 13.7. The molecular formula is C29H30BrClN2O2S. The zero-order valence-corrected chi connectivity index (χ0v) is 23.2. The van der Waals surface area contributed by atoms with Crippen LogP contribution in [0.5, 0.6) is 0 Å². The van der Waals surface area contributed by atoms with Gasteiger partial charge in [-0.15, -0.1) is 11.8 Å². The summed E-state index contributed by atoms with van der Waals surface area (Å²) in [6, 6.07) is 24.9. The van der Waals surface area contributed by atoms with Crippen LogP contribution in [0.2, 0.25) is 5.02 Å². The van der Waals surface area contributed by atoms with Gasteiger partial charge in [0.1, 0.15) is 6.04 Å². The monoisotopic (exact) mass is 584 g/mol. The summed E-state index contributed by atoms with van der Waals surface area (Å²) in [7, 11) is 0. The van der Waals surface area contributed by atoms with E-state index in [0.717, 1.165) is 46.2 Å². The van der Waals surface area contributed by atoms with Gasteiger partial charge in [-0.3, -0.25) is 9.59 Å². The van der Waals surface area contributed by atoms with Gasteiger partial charge in [-0.05, 0) is 60.4 Å². The molecule has 0 aliphatic heterocycles. The summed E-state index contributed by atoms with van der Waals surface area (Å²) in [6.45, 7) is 0.356. The summed E-state index contributed by atoms with van der Waals surface area (Å²) in [5.41, 5.74) is 2.00. The van der Waals surface area contributed by atoms with E-state index < -0.39 is 6.04 Å². The highest BCUT2D eigenvalue weighted by Crippen LogP contribution is 2.24. The molecule has 36 heavy (non-hydrogen) atoms. The van der Waals surface area contributed by atoms with E-state index in [9.17, 15) is 9.59 Å². The van der Waals surface area contributed by atoms with Gasteiger partial charge in [0.05, 0.1) is 5.75 Å². The zero-order valence-electron chi connectivity index (χ0n) is 20.0. The van der Waals surface area contributed by atoms with E-state index in [-0.39, 0.29) is 23.6 Å². The van der Waals surface area contributed by atoms with Crippen molar-refractivity contribution in [3.8, 4) is 0 Å². The highest BCUT2D eigenvalue weighted by Gasteiger charge is 2.32. The number of carbonyl (C=O) groups excluding carboxylic acids is 2. The first-order valence-electron chi connectivity index (χ1n) is 12.2. The first-order chi connectivity index (χ1) is 17.5. The lowest BCUT2D eigenvalue weighted by Crippen LogP contribution is -2.52. The second-order valence-corrected chi connectivity index (χ2v) is 11.5. The number of benzene rings is 3. The Labute approximate surface area is 230 Å². The molecule has 3 aromatic carbocycles. The molecule has 4 nitrogen and oxygen atoms in total. The number of thioether (sulfide) groups is 1. The molecule has 4 rings (SSSR count). The molecule has 0 spiro atoms. The largest absolute Gasteiger partial charge is 0.352 e. The fourth-order valence-electron chi connectivity index (χ4n) is 4.51. The van der Waals surface area contributed by atoms with Crippen LogP contribution in [0.15, 0.2) is 88.2 Å². The Balaban J connectivity index is 1.60. The van der Waals surface area contributed by atoms with Crippen molar-refractivity contribution in [2.24, 2.45) is 0 Å². The SMILES string of the molecule is O=C(NC1CCCC1)[C@@H](Cc1ccccc1)N(Cc1cccc(Br)c1)C(=O)CSc1ccc(Cl)cc1.